The molecule has 1 heterocycles. The maximum atomic E-state index is 12.4. The predicted octanol–water partition coefficient (Wildman–Crippen LogP) is 3.41. The number of aromatic amines is 1. The van der Waals surface area contributed by atoms with Gasteiger partial charge in [0.2, 0.25) is 5.82 Å². The van der Waals surface area contributed by atoms with Crippen LogP contribution in [0.2, 0.25) is 5.02 Å². The summed E-state index contributed by atoms with van der Waals surface area (Å²) in [5.41, 5.74) is 0.392. The molecule has 0 unspecified atom stereocenters. The van der Waals surface area contributed by atoms with Gasteiger partial charge in [-0.3, -0.25) is 9.89 Å². The van der Waals surface area contributed by atoms with Gasteiger partial charge in [-0.05, 0) is 37.6 Å². The van der Waals surface area contributed by atoms with E-state index in [4.69, 9.17) is 11.6 Å². The molecule has 0 bridgehead atoms. The fourth-order valence-electron chi connectivity index (χ4n) is 2.03. The standard InChI is InChI=1S/C14H14ClF3N4O2/c1-8(2)22(13(23)12-19-7-20-21-12)6-9-3-10(15)5-11(4-9)24-14(16,17)18/h3-5,7-8H,6H2,1-2H3,(H,19,20,21). The van der Waals surface area contributed by atoms with Crippen molar-refractivity contribution in [2.75, 3.05) is 0 Å². The number of hydrogen-bond acceptors (Lipinski definition) is 4. The molecule has 0 spiro atoms. The summed E-state index contributed by atoms with van der Waals surface area (Å²) in [4.78, 5) is 17.6. The highest BCUT2D eigenvalue weighted by atomic mass is 35.5. The summed E-state index contributed by atoms with van der Waals surface area (Å²) >= 11 is 5.84. The second kappa shape index (κ2) is 7.08. The Morgan fingerprint density at radius 1 is 1.38 bits per heavy atom. The van der Waals surface area contributed by atoms with E-state index in [1.165, 1.54) is 23.4 Å². The lowest BCUT2D eigenvalue weighted by Gasteiger charge is -2.26. The minimum Gasteiger partial charge on any atom is -0.406 e. The van der Waals surface area contributed by atoms with Crippen LogP contribution in [0.15, 0.2) is 24.5 Å². The van der Waals surface area contributed by atoms with Gasteiger partial charge in [-0.25, -0.2) is 4.98 Å². The second-order valence-corrected chi connectivity index (χ2v) is 5.64. The van der Waals surface area contributed by atoms with Crippen LogP contribution in [-0.4, -0.2) is 38.4 Å². The SMILES string of the molecule is CC(C)N(Cc1cc(Cl)cc(OC(F)(F)F)c1)C(=O)c1ncn[nH]1. The highest BCUT2D eigenvalue weighted by Gasteiger charge is 2.31. The first-order chi connectivity index (χ1) is 11.2. The van der Waals surface area contributed by atoms with Crippen LogP contribution in [0.4, 0.5) is 13.2 Å². The summed E-state index contributed by atoms with van der Waals surface area (Å²) in [6.45, 7) is 3.57. The third-order valence-electron chi connectivity index (χ3n) is 3.02. The molecule has 0 aliphatic heterocycles. The number of benzene rings is 1. The Morgan fingerprint density at radius 3 is 2.62 bits per heavy atom. The summed E-state index contributed by atoms with van der Waals surface area (Å²) in [6, 6.07) is 3.47. The summed E-state index contributed by atoms with van der Waals surface area (Å²) < 4.78 is 41.0. The van der Waals surface area contributed by atoms with Gasteiger partial charge < -0.3 is 9.64 Å². The van der Waals surface area contributed by atoms with Crippen molar-refractivity contribution < 1.29 is 22.7 Å². The highest BCUT2D eigenvalue weighted by molar-refractivity contribution is 6.30. The van der Waals surface area contributed by atoms with Crippen LogP contribution in [0.1, 0.15) is 30.0 Å². The van der Waals surface area contributed by atoms with Crippen molar-refractivity contribution in [1.29, 1.82) is 0 Å². The number of halogens is 4. The molecule has 130 valence electrons. The Balaban J connectivity index is 2.25. The molecule has 2 aromatic rings. The van der Waals surface area contributed by atoms with E-state index < -0.39 is 18.0 Å². The monoisotopic (exact) mass is 362 g/mol. The number of H-pyrrole nitrogens is 1. The Morgan fingerprint density at radius 2 is 2.08 bits per heavy atom. The zero-order valence-electron chi connectivity index (χ0n) is 12.8. The van der Waals surface area contributed by atoms with Crippen LogP contribution in [0.5, 0.6) is 5.75 Å². The Kier molecular flexibility index (Phi) is 5.33. The predicted molar refractivity (Wildman–Crippen MR) is 79.5 cm³/mol. The molecule has 6 nitrogen and oxygen atoms in total. The van der Waals surface area contributed by atoms with Gasteiger partial charge in [-0.1, -0.05) is 11.6 Å². The Hall–Kier alpha value is -2.29. The molecule has 0 aliphatic carbocycles. The largest absolute Gasteiger partial charge is 0.573 e. The van der Waals surface area contributed by atoms with E-state index in [1.807, 2.05) is 0 Å². The molecule has 0 radical (unpaired) electrons. The molecule has 10 heteroatoms. The van der Waals surface area contributed by atoms with E-state index in [-0.39, 0.29) is 23.4 Å². The van der Waals surface area contributed by atoms with E-state index in [9.17, 15) is 18.0 Å². The van der Waals surface area contributed by atoms with Crippen molar-refractivity contribution in [3.8, 4) is 5.75 Å². The average molecular weight is 363 g/mol. The maximum Gasteiger partial charge on any atom is 0.573 e. The summed E-state index contributed by atoms with van der Waals surface area (Å²) in [5, 5.41) is 6.14. The first-order valence-electron chi connectivity index (χ1n) is 6.87. The molecule has 24 heavy (non-hydrogen) atoms. The normalized spacial score (nSPS) is 11.6. The van der Waals surface area contributed by atoms with Crippen LogP contribution in [0.3, 0.4) is 0 Å². The molecule has 0 saturated heterocycles. The van der Waals surface area contributed by atoms with Gasteiger partial charge in [-0.2, -0.15) is 5.10 Å². The fraction of sp³-hybridized carbons (Fsp3) is 0.357. The molecule has 0 aliphatic rings. The molecule has 0 fully saturated rings. The molecular weight excluding hydrogens is 349 g/mol. The van der Waals surface area contributed by atoms with Crippen molar-refractivity contribution in [2.45, 2.75) is 32.8 Å². The number of rotatable bonds is 5. The number of carbonyl (C=O) groups is 1. The first-order valence-corrected chi connectivity index (χ1v) is 7.25. The van der Waals surface area contributed by atoms with Gasteiger partial charge in [-0.15, -0.1) is 13.2 Å². The van der Waals surface area contributed by atoms with E-state index in [0.29, 0.717) is 5.56 Å². The lowest BCUT2D eigenvalue weighted by atomic mass is 10.1. The first kappa shape index (κ1) is 18.1. The van der Waals surface area contributed by atoms with Crippen LogP contribution in [0.25, 0.3) is 0 Å². The molecule has 1 aromatic heterocycles. The van der Waals surface area contributed by atoms with E-state index in [0.717, 1.165) is 6.07 Å². The van der Waals surface area contributed by atoms with Crippen molar-refractivity contribution in [1.82, 2.24) is 20.1 Å². The van der Waals surface area contributed by atoms with Crippen LogP contribution in [0, 0.1) is 0 Å². The van der Waals surface area contributed by atoms with Gasteiger partial charge in [0.05, 0.1) is 0 Å². The lowest BCUT2D eigenvalue weighted by molar-refractivity contribution is -0.274. The van der Waals surface area contributed by atoms with Gasteiger partial charge >= 0.3 is 6.36 Å². The number of carbonyl (C=O) groups excluding carboxylic acids is 1. The summed E-state index contributed by atoms with van der Waals surface area (Å²) in [5.74, 6) is -0.834. The van der Waals surface area contributed by atoms with Crippen LogP contribution >= 0.6 is 11.6 Å². The van der Waals surface area contributed by atoms with Gasteiger partial charge in [0.15, 0.2) is 0 Å². The van der Waals surface area contributed by atoms with Crippen molar-refractivity contribution in [2.24, 2.45) is 0 Å². The van der Waals surface area contributed by atoms with Crippen molar-refractivity contribution in [3.63, 3.8) is 0 Å². The van der Waals surface area contributed by atoms with E-state index in [2.05, 4.69) is 19.9 Å². The maximum absolute atomic E-state index is 12.4. The van der Waals surface area contributed by atoms with E-state index >= 15 is 0 Å². The quantitative estimate of drug-likeness (QED) is 0.884. The van der Waals surface area contributed by atoms with Gasteiger partial charge in [0.1, 0.15) is 12.1 Å². The Bertz CT molecular complexity index is 705. The molecular formula is C14H14ClF3N4O2. The zero-order valence-corrected chi connectivity index (χ0v) is 13.5. The smallest absolute Gasteiger partial charge is 0.406 e. The third kappa shape index (κ3) is 4.85. The molecule has 0 saturated carbocycles. The van der Waals surface area contributed by atoms with Gasteiger partial charge in [0.25, 0.3) is 5.91 Å². The lowest BCUT2D eigenvalue weighted by Crippen LogP contribution is -2.37. The Labute approximate surface area is 140 Å². The molecule has 1 aromatic carbocycles. The van der Waals surface area contributed by atoms with Crippen LogP contribution < -0.4 is 4.74 Å². The fourth-order valence-corrected chi connectivity index (χ4v) is 2.28. The molecule has 1 amide bonds. The minimum absolute atomic E-state index is 0.0337. The highest BCUT2D eigenvalue weighted by Crippen LogP contribution is 2.28. The zero-order chi connectivity index (χ0) is 17.9. The summed E-state index contributed by atoms with van der Waals surface area (Å²) in [6.07, 6.45) is -3.63. The third-order valence-corrected chi connectivity index (χ3v) is 3.24. The number of amides is 1. The number of hydrogen-bond donors (Lipinski definition) is 1. The summed E-state index contributed by atoms with van der Waals surface area (Å²) in [7, 11) is 0. The minimum atomic E-state index is -4.82. The second-order valence-electron chi connectivity index (χ2n) is 5.20. The van der Waals surface area contributed by atoms with Crippen molar-refractivity contribution in [3.05, 3.63) is 40.9 Å². The number of aromatic nitrogens is 3. The number of nitrogens with one attached hydrogen (secondary N) is 1. The number of ether oxygens (including phenoxy) is 1. The molecule has 0 atom stereocenters. The van der Waals surface area contributed by atoms with Crippen molar-refractivity contribution >= 4 is 17.5 Å². The van der Waals surface area contributed by atoms with Gasteiger partial charge in [0, 0.05) is 17.6 Å². The number of alkyl halides is 3. The molecule has 2 rings (SSSR count). The van der Waals surface area contributed by atoms with E-state index in [1.54, 1.807) is 13.8 Å². The van der Waals surface area contributed by atoms with Crippen LogP contribution in [-0.2, 0) is 6.54 Å². The average Bonchev–Trinajstić information content (AvgIpc) is 2.95. The number of nitrogens with zero attached hydrogens (tertiary/aromatic N) is 3. The topological polar surface area (TPSA) is 71.1 Å². The molecule has 1 N–H and O–H groups in total.